The number of nitrogens with zero attached hydrogens (tertiary/aromatic N) is 4. The second kappa shape index (κ2) is 21.4. The van der Waals surface area contributed by atoms with Crippen LogP contribution in [0.2, 0.25) is 0 Å². The molecule has 210 valence electrons. The SMILES string of the molecule is Cc1nc(C=NCCCNCCNCCCN=Cc2c[nH]c(C)n2)c[nH]1.[Fe+4].[O-][Cl+3]([O-])([O-])[O-].[O-][Cl+3]([O-])([O-])[O-]. The number of aryl methyl sites for hydroxylation is 2. The van der Waals surface area contributed by atoms with Gasteiger partial charge in [-0.25, -0.2) is 47.2 Å². The van der Waals surface area contributed by atoms with Crippen LogP contribution in [-0.4, -0.2) is 71.6 Å². The molecule has 0 fully saturated rings. The minimum absolute atomic E-state index is 0. The Morgan fingerprint density at radius 3 is 1.30 bits per heavy atom. The zero-order valence-electron chi connectivity index (χ0n) is 20.1. The maximum Gasteiger partial charge on any atom is 4.00 e. The predicted octanol–water partition coefficient (Wildman–Crippen LogP) is -8.27. The number of aromatic amines is 2. The van der Waals surface area contributed by atoms with Crippen molar-refractivity contribution in [3.63, 3.8) is 0 Å². The van der Waals surface area contributed by atoms with Crippen molar-refractivity contribution in [1.82, 2.24) is 30.6 Å². The van der Waals surface area contributed by atoms with Crippen LogP contribution < -0.4 is 47.9 Å². The molecule has 0 bridgehead atoms. The molecule has 2 aromatic heterocycles. The van der Waals surface area contributed by atoms with Crippen LogP contribution in [0.3, 0.4) is 0 Å². The van der Waals surface area contributed by atoms with E-state index in [4.69, 9.17) is 37.3 Å². The predicted molar refractivity (Wildman–Crippen MR) is 107 cm³/mol. The molecule has 2 aromatic rings. The average molecular weight is 613 g/mol. The number of hydrogen-bond donors (Lipinski definition) is 4. The number of hydrogen-bond acceptors (Lipinski definition) is 14. The Hall–Kier alpha value is -1.54. The molecule has 4 N–H and O–H groups in total. The van der Waals surface area contributed by atoms with E-state index in [0.717, 1.165) is 75.1 Å². The zero-order valence-corrected chi connectivity index (χ0v) is 22.7. The molecule has 0 unspecified atom stereocenters. The van der Waals surface area contributed by atoms with Gasteiger partial charge in [-0.3, -0.25) is 9.98 Å². The Labute approximate surface area is 228 Å². The first-order valence-corrected chi connectivity index (χ1v) is 12.9. The summed E-state index contributed by atoms with van der Waals surface area (Å²) in [6, 6.07) is 0. The summed E-state index contributed by atoms with van der Waals surface area (Å²) < 4.78 is 67.9. The van der Waals surface area contributed by atoms with Gasteiger partial charge in [-0.1, -0.05) is 0 Å². The Morgan fingerprint density at radius 2 is 1.03 bits per heavy atom. The van der Waals surface area contributed by atoms with E-state index in [-0.39, 0.29) is 17.1 Å². The van der Waals surface area contributed by atoms with Crippen LogP contribution in [0.15, 0.2) is 22.4 Å². The second-order valence-corrected chi connectivity index (χ2v) is 8.37. The van der Waals surface area contributed by atoms with E-state index < -0.39 is 20.5 Å². The summed E-state index contributed by atoms with van der Waals surface area (Å²) in [5, 5.41) is 6.83. The van der Waals surface area contributed by atoms with Gasteiger partial charge in [0.05, 0.1) is 11.4 Å². The van der Waals surface area contributed by atoms with Crippen molar-refractivity contribution >= 4 is 12.4 Å². The number of imidazole rings is 2. The molecule has 0 radical (unpaired) electrons. The normalized spacial score (nSPS) is 11.6. The molecule has 0 spiro atoms. The van der Waals surface area contributed by atoms with E-state index in [0.29, 0.717) is 0 Å². The van der Waals surface area contributed by atoms with Crippen molar-refractivity contribution in [3.05, 3.63) is 35.4 Å². The standard InChI is InChI=1S/C18H30N8.2ClHO4.Fe/c1-15-23-13-17(25-15)11-21-7-3-5-19-9-10-20-6-4-8-22-12-18-14-24-16(2)26-18;2*2-1(3,4)5;/h11-14,19-20H,3-10H2,1-2H3,(H,23,25)(H,24,26);2*(H,2,3,4,5);/q;;;+4/p-2. The molecule has 19 heteroatoms. The Balaban J connectivity index is 0. The van der Waals surface area contributed by atoms with Gasteiger partial charge >= 0.3 is 17.1 Å². The number of rotatable bonds is 13. The molecular formula is C18H30Cl2FeN8O8+2. The minimum Gasteiger partial charge on any atom is -0.348 e. The topological polar surface area (TPSA) is 291 Å². The van der Waals surface area contributed by atoms with E-state index in [9.17, 15) is 0 Å². The van der Waals surface area contributed by atoms with Crippen LogP contribution in [0, 0.1) is 34.3 Å². The summed E-state index contributed by atoms with van der Waals surface area (Å²) in [6.07, 6.45) is 9.43. The summed E-state index contributed by atoms with van der Waals surface area (Å²) in [5.41, 5.74) is 1.78. The van der Waals surface area contributed by atoms with Crippen molar-refractivity contribution in [2.45, 2.75) is 26.7 Å². The molecule has 0 saturated heterocycles. The van der Waals surface area contributed by atoms with Crippen LogP contribution in [0.1, 0.15) is 35.9 Å². The van der Waals surface area contributed by atoms with Gasteiger partial charge in [0.2, 0.25) is 0 Å². The maximum atomic E-state index is 8.49. The molecule has 0 aliphatic rings. The quantitative estimate of drug-likeness (QED) is 0.0931. The molecule has 0 amide bonds. The average Bonchev–Trinajstić information content (AvgIpc) is 3.33. The Bertz CT molecular complexity index is 792. The number of H-pyrrole nitrogens is 2. The van der Waals surface area contributed by atoms with Gasteiger partial charge in [0, 0.05) is 51.0 Å². The number of halogens is 2. The summed E-state index contributed by atoms with van der Waals surface area (Å²) in [5.74, 6) is 1.83. The van der Waals surface area contributed by atoms with Crippen LogP contribution in [-0.2, 0) is 17.1 Å². The van der Waals surface area contributed by atoms with E-state index in [2.05, 4.69) is 40.6 Å². The first-order valence-electron chi connectivity index (χ1n) is 10.4. The van der Waals surface area contributed by atoms with E-state index in [1.807, 2.05) is 38.7 Å². The van der Waals surface area contributed by atoms with Gasteiger partial charge in [0.1, 0.15) is 11.6 Å². The van der Waals surface area contributed by atoms with E-state index in [1.54, 1.807) is 0 Å². The molecule has 2 heterocycles. The molecular weight excluding hydrogens is 583 g/mol. The smallest absolute Gasteiger partial charge is 0.348 e. The number of aromatic nitrogens is 4. The first kappa shape index (κ1) is 37.6. The summed E-state index contributed by atoms with van der Waals surface area (Å²) in [7, 11) is -9.89. The van der Waals surface area contributed by atoms with Gasteiger partial charge in [-0.2, -0.15) is 0 Å². The largest absolute Gasteiger partial charge is 4.00 e. The van der Waals surface area contributed by atoms with Gasteiger partial charge in [0.15, 0.2) is 0 Å². The molecule has 0 atom stereocenters. The summed E-state index contributed by atoms with van der Waals surface area (Å²) >= 11 is 0. The molecule has 37 heavy (non-hydrogen) atoms. The van der Waals surface area contributed by atoms with Crippen LogP contribution in [0.4, 0.5) is 0 Å². The van der Waals surface area contributed by atoms with Crippen molar-refractivity contribution in [2.24, 2.45) is 9.98 Å². The van der Waals surface area contributed by atoms with Gasteiger partial charge in [-0.15, -0.1) is 20.5 Å². The maximum absolute atomic E-state index is 8.49. The first-order chi connectivity index (χ1) is 16.7. The molecule has 0 aliphatic heterocycles. The van der Waals surface area contributed by atoms with Gasteiger partial charge in [-0.05, 0) is 39.8 Å². The molecule has 16 nitrogen and oxygen atoms in total. The third-order valence-corrected chi connectivity index (χ3v) is 3.66. The van der Waals surface area contributed by atoms with Crippen LogP contribution in [0.25, 0.3) is 0 Å². The molecule has 0 aromatic carbocycles. The Morgan fingerprint density at radius 1 is 0.703 bits per heavy atom. The second-order valence-electron chi connectivity index (χ2n) is 6.86. The van der Waals surface area contributed by atoms with E-state index in [1.165, 1.54) is 0 Å². The fraction of sp³-hybridized carbons (Fsp3) is 0.556. The van der Waals surface area contributed by atoms with Gasteiger partial charge < -0.3 is 20.6 Å². The number of nitrogens with one attached hydrogen (secondary N) is 4. The molecule has 0 aliphatic carbocycles. The fourth-order valence-corrected chi connectivity index (χ4v) is 2.34. The zero-order chi connectivity index (χ0) is 27.5. The minimum atomic E-state index is -4.94. The monoisotopic (exact) mass is 612 g/mol. The Kier molecular flexibility index (Phi) is 21.8. The van der Waals surface area contributed by atoms with Crippen molar-refractivity contribution in [2.75, 3.05) is 39.3 Å². The van der Waals surface area contributed by atoms with Crippen molar-refractivity contribution in [1.29, 1.82) is 0 Å². The van der Waals surface area contributed by atoms with Gasteiger partial charge in [0.25, 0.3) is 0 Å². The molecule has 0 saturated carbocycles. The summed E-state index contributed by atoms with van der Waals surface area (Å²) in [4.78, 5) is 23.4. The van der Waals surface area contributed by atoms with E-state index >= 15 is 0 Å². The molecule has 2 rings (SSSR count). The summed E-state index contributed by atoms with van der Waals surface area (Å²) in [6.45, 7) is 9.41. The third kappa shape index (κ3) is 32.4. The third-order valence-electron chi connectivity index (χ3n) is 3.66. The van der Waals surface area contributed by atoms with Crippen LogP contribution >= 0.6 is 0 Å². The van der Waals surface area contributed by atoms with Crippen molar-refractivity contribution < 1.29 is 74.8 Å². The van der Waals surface area contributed by atoms with Crippen LogP contribution in [0.5, 0.6) is 0 Å². The number of aliphatic imine (C=N–C) groups is 2. The fourth-order valence-electron chi connectivity index (χ4n) is 2.34. The van der Waals surface area contributed by atoms with Crippen molar-refractivity contribution in [3.8, 4) is 0 Å².